The lowest BCUT2D eigenvalue weighted by molar-refractivity contribution is -0.274. The first-order valence-corrected chi connectivity index (χ1v) is 5.05. The summed E-state index contributed by atoms with van der Waals surface area (Å²) >= 11 is 0. The molecule has 1 heterocycles. The van der Waals surface area contributed by atoms with Gasteiger partial charge < -0.3 is 10.5 Å². The lowest BCUT2D eigenvalue weighted by atomic mass is 10.2. The molecular formula is C11H10F3N3O. The van der Waals surface area contributed by atoms with E-state index in [-0.39, 0.29) is 5.75 Å². The van der Waals surface area contributed by atoms with Gasteiger partial charge in [0.25, 0.3) is 0 Å². The maximum Gasteiger partial charge on any atom is 0.573 e. The molecule has 0 saturated carbocycles. The molecule has 4 nitrogen and oxygen atoms in total. The summed E-state index contributed by atoms with van der Waals surface area (Å²) in [4.78, 5) is 0. The quantitative estimate of drug-likeness (QED) is 0.918. The Morgan fingerprint density at radius 3 is 2.39 bits per heavy atom. The summed E-state index contributed by atoms with van der Waals surface area (Å²) in [5, 5.41) is 3.97. The van der Waals surface area contributed by atoms with E-state index in [4.69, 9.17) is 5.73 Å². The Kier molecular flexibility index (Phi) is 3.14. The summed E-state index contributed by atoms with van der Waals surface area (Å²) in [6, 6.07) is 5.60. The molecule has 1 aromatic heterocycles. The third-order valence-corrected chi connectivity index (χ3v) is 2.15. The number of benzene rings is 1. The highest BCUT2D eigenvalue weighted by molar-refractivity contribution is 5.31. The fourth-order valence-corrected chi connectivity index (χ4v) is 1.45. The van der Waals surface area contributed by atoms with Crippen molar-refractivity contribution in [2.24, 2.45) is 0 Å². The summed E-state index contributed by atoms with van der Waals surface area (Å²) in [5.74, 6) is -0.244. The average molecular weight is 257 g/mol. The molecule has 0 aliphatic heterocycles. The third-order valence-electron chi connectivity index (χ3n) is 2.15. The van der Waals surface area contributed by atoms with Gasteiger partial charge in [-0.05, 0) is 17.7 Å². The van der Waals surface area contributed by atoms with Crippen molar-refractivity contribution in [3.63, 3.8) is 0 Å². The number of nitrogens with two attached hydrogens (primary N) is 1. The zero-order valence-electron chi connectivity index (χ0n) is 9.19. The number of alkyl halides is 3. The molecule has 2 rings (SSSR count). The number of anilines is 1. The number of rotatable bonds is 3. The average Bonchev–Trinajstić information content (AvgIpc) is 2.65. The minimum atomic E-state index is -4.67. The molecule has 7 heteroatoms. The van der Waals surface area contributed by atoms with Crippen LogP contribution in [0, 0.1) is 0 Å². The molecule has 2 N–H and O–H groups in total. The number of hydrogen-bond acceptors (Lipinski definition) is 3. The van der Waals surface area contributed by atoms with Gasteiger partial charge in [0, 0.05) is 6.20 Å². The van der Waals surface area contributed by atoms with Crippen LogP contribution in [0.15, 0.2) is 36.7 Å². The van der Waals surface area contributed by atoms with Crippen LogP contribution in [0.2, 0.25) is 0 Å². The normalized spacial score (nSPS) is 11.5. The second kappa shape index (κ2) is 4.59. The van der Waals surface area contributed by atoms with Crippen molar-refractivity contribution in [2.75, 3.05) is 5.73 Å². The van der Waals surface area contributed by atoms with Gasteiger partial charge in [0.1, 0.15) is 5.75 Å². The van der Waals surface area contributed by atoms with Gasteiger partial charge in [-0.2, -0.15) is 5.10 Å². The first-order valence-electron chi connectivity index (χ1n) is 5.05. The number of halogens is 3. The summed E-state index contributed by atoms with van der Waals surface area (Å²) in [7, 11) is 0. The van der Waals surface area contributed by atoms with Crippen molar-refractivity contribution in [3.8, 4) is 5.75 Å². The van der Waals surface area contributed by atoms with Crippen LogP contribution in [-0.2, 0) is 6.54 Å². The third kappa shape index (κ3) is 3.41. The first kappa shape index (κ1) is 12.3. The molecule has 96 valence electrons. The molecule has 0 spiro atoms. The van der Waals surface area contributed by atoms with Gasteiger partial charge in [-0.1, -0.05) is 12.1 Å². The van der Waals surface area contributed by atoms with Gasteiger partial charge in [0.2, 0.25) is 0 Å². The zero-order chi connectivity index (χ0) is 13.2. The van der Waals surface area contributed by atoms with Gasteiger partial charge in [-0.25, -0.2) is 0 Å². The number of nitrogens with zero attached hydrogens (tertiary/aromatic N) is 2. The van der Waals surface area contributed by atoms with Crippen LogP contribution in [0.4, 0.5) is 18.9 Å². The van der Waals surface area contributed by atoms with Crippen LogP contribution in [0.1, 0.15) is 5.56 Å². The standard InChI is InChI=1S/C11H10F3N3O/c12-11(13,14)18-10-3-1-8(2-4-10)6-17-7-9(15)5-16-17/h1-5,7H,6,15H2. The monoisotopic (exact) mass is 257 g/mol. The van der Waals surface area contributed by atoms with E-state index in [0.717, 1.165) is 5.56 Å². The summed E-state index contributed by atoms with van der Waals surface area (Å²) in [6.45, 7) is 0.434. The molecule has 0 aliphatic rings. The van der Waals surface area contributed by atoms with Crippen LogP contribution >= 0.6 is 0 Å². The molecule has 1 aromatic carbocycles. The zero-order valence-corrected chi connectivity index (χ0v) is 9.19. The van der Waals surface area contributed by atoms with Crippen molar-refractivity contribution in [3.05, 3.63) is 42.2 Å². The van der Waals surface area contributed by atoms with E-state index in [2.05, 4.69) is 9.84 Å². The molecule has 0 bridgehead atoms. The van der Waals surface area contributed by atoms with Crippen molar-refractivity contribution in [1.82, 2.24) is 9.78 Å². The van der Waals surface area contributed by atoms with Crippen molar-refractivity contribution < 1.29 is 17.9 Å². The van der Waals surface area contributed by atoms with Gasteiger partial charge in [-0.15, -0.1) is 13.2 Å². The minimum Gasteiger partial charge on any atom is -0.406 e. The van der Waals surface area contributed by atoms with Crippen LogP contribution in [0.25, 0.3) is 0 Å². The van der Waals surface area contributed by atoms with E-state index < -0.39 is 6.36 Å². The largest absolute Gasteiger partial charge is 0.573 e. The van der Waals surface area contributed by atoms with E-state index >= 15 is 0 Å². The summed E-state index contributed by atoms with van der Waals surface area (Å²) < 4.78 is 41.2. The molecule has 18 heavy (non-hydrogen) atoms. The van der Waals surface area contributed by atoms with Crippen LogP contribution in [0.5, 0.6) is 5.75 Å². The van der Waals surface area contributed by atoms with Gasteiger partial charge in [-0.3, -0.25) is 4.68 Å². The Morgan fingerprint density at radius 2 is 1.89 bits per heavy atom. The van der Waals surface area contributed by atoms with Crippen molar-refractivity contribution in [2.45, 2.75) is 12.9 Å². The number of nitrogen functional groups attached to an aromatic ring is 1. The van der Waals surface area contributed by atoms with E-state index in [0.29, 0.717) is 12.2 Å². The van der Waals surface area contributed by atoms with Gasteiger partial charge in [0.05, 0.1) is 18.4 Å². The number of aromatic nitrogens is 2. The lowest BCUT2D eigenvalue weighted by Crippen LogP contribution is -2.17. The van der Waals surface area contributed by atoms with E-state index in [1.54, 1.807) is 23.0 Å². The Morgan fingerprint density at radius 1 is 1.22 bits per heavy atom. The van der Waals surface area contributed by atoms with Crippen LogP contribution in [-0.4, -0.2) is 16.1 Å². The highest BCUT2D eigenvalue weighted by Crippen LogP contribution is 2.22. The Labute approximate surface area is 101 Å². The molecule has 0 radical (unpaired) electrons. The Hall–Kier alpha value is -2.18. The van der Waals surface area contributed by atoms with Gasteiger partial charge >= 0.3 is 6.36 Å². The predicted octanol–water partition coefficient (Wildman–Crippen LogP) is 2.41. The topological polar surface area (TPSA) is 53.1 Å². The summed E-state index contributed by atoms with van der Waals surface area (Å²) in [5.41, 5.74) is 6.83. The fourth-order valence-electron chi connectivity index (χ4n) is 1.45. The maximum absolute atomic E-state index is 11.9. The highest BCUT2D eigenvalue weighted by atomic mass is 19.4. The molecule has 0 aliphatic carbocycles. The molecule has 0 atom stereocenters. The maximum atomic E-state index is 11.9. The number of hydrogen-bond donors (Lipinski definition) is 1. The highest BCUT2D eigenvalue weighted by Gasteiger charge is 2.30. The molecule has 0 unspecified atom stereocenters. The van der Waals surface area contributed by atoms with Crippen LogP contribution in [0.3, 0.4) is 0 Å². The summed E-state index contributed by atoms with van der Waals surface area (Å²) in [6.07, 6.45) is -1.53. The Balaban J connectivity index is 2.04. The molecular weight excluding hydrogens is 247 g/mol. The fraction of sp³-hybridized carbons (Fsp3) is 0.182. The van der Waals surface area contributed by atoms with Crippen molar-refractivity contribution >= 4 is 5.69 Å². The van der Waals surface area contributed by atoms with E-state index in [1.165, 1.54) is 18.3 Å². The lowest BCUT2D eigenvalue weighted by Gasteiger charge is -2.09. The SMILES string of the molecule is Nc1cnn(Cc2ccc(OC(F)(F)F)cc2)c1. The molecule has 0 amide bonds. The predicted molar refractivity (Wildman–Crippen MR) is 58.9 cm³/mol. The second-order valence-electron chi connectivity index (χ2n) is 3.66. The van der Waals surface area contributed by atoms with E-state index in [9.17, 15) is 13.2 Å². The minimum absolute atomic E-state index is 0.244. The first-order chi connectivity index (χ1) is 8.42. The molecule has 0 saturated heterocycles. The van der Waals surface area contributed by atoms with E-state index in [1.807, 2.05) is 0 Å². The van der Waals surface area contributed by atoms with Crippen LogP contribution < -0.4 is 10.5 Å². The van der Waals surface area contributed by atoms with Crippen molar-refractivity contribution in [1.29, 1.82) is 0 Å². The molecule has 2 aromatic rings. The van der Waals surface area contributed by atoms with Gasteiger partial charge in [0.15, 0.2) is 0 Å². The second-order valence-corrected chi connectivity index (χ2v) is 3.66. The Bertz CT molecular complexity index is 519. The number of ether oxygens (including phenoxy) is 1. The smallest absolute Gasteiger partial charge is 0.406 e. The molecule has 0 fully saturated rings.